The van der Waals surface area contributed by atoms with Crippen LogP contribution >= 0.6 is 0 Å². The standard InChI is InChI=1S/C29H33NO5/c1-21-17-26(33-16-6-15-30-28(32)35-29(2,3)4)13-14-27(21)24-8-5-7-23(18-24)20-34-25-11-9-22(19-31)10-12-25/h5,7-14,17-19H,6,15-16,20H2,1-4H3,(H,30,32). The van der Waals surface area contributed by atoms with Crippen molar-refractivity contribution >= 4 is 12.4 Å². The monoisotopic (exact) mass is 475 g/mol. The Morgan fingerprint density at radius 2 is 1.69 bits per heavy atom. The van der Waals surface area contributed by atoms with Crippen molar-refractivity contribution in [1.29, 1.82) is 0 Å². The van der Waals surface area contributed by atoms with Gasteiger partial charge in [-0.2, -0.15) is 0 Å². The Kier molecular flexibility index (Phi) is 8.90. The quantitative estimate of drug-likeness (QED) is 0.273. The zero-order valence-corrected chi connectivity index (χ0v) is 20.8. The van der Waals surface area contributed by atoms with Gasteiger partial charge in [0, 0.05) is 12.1 Å². The maximum absolute atomic E-state index is 11.7. The fourth-order valence-electron chi connectivity index (χ4n) is 3.45. The van der Waals surface area contributed by atoms with Gasteiger partial charge in [0.2, 0.25) is 0 Å². The molecule has 0 heterocycles. The van der Waals surface area contributed by atoms with E-state index in [1.807, 2.05) is 45.0 Å². The summed E-state index contributed by atoms with van der Waals surface area (Å²) in [5.41, 5.74) is 4.52. The molecule has 0 spiro atoms. The molecule has 0 aliphatic rings. The van der Waals surface area contributed by atoms with Gasteiger partial charge in [0.25, 0.3) is 0 Å². The molecule has 6 heteroatoms. The van der Waals surface area contributed by atoms with E-state index in [1.165, 1.54) is 0 Å². The van der Waals surface area contributed by atoms with E-state index in [-0.39, 0.29) is 0 Å². The van der Waals surface area contributed by atoms with Gasteiger partial charge in [-0.25, -0.2) is 4.79 Å². The summed E-state index contributed by atoms with van der Waals surface area (Å²) in [5.74, 6) is 1.52. The lowest BCUT2D eigenvalue weighted by atomic mass is 9.99. The van der Waals surface area contributed by atoms with Crippen LogP contribution in [0.1, 0.15) is 48.7 Å². The summed E-state index contributed by atoms with van der Waals surface area (Å²) in [4.78, 5) is 22.5. The summed E-state index contributed by atoms with van der Waals surface area (Å²) in [6.07, 6.45) is 1.08. The Morgan fingerprint density at radius 1 is 0.943 bits per heavy atom. The molecule has 0 aliphatic carbocycles. The van der Waals surface area contributed by atoms with Crippen LogP contribution in [0.15, 0.2) is 66.7 Å². The lowest BCUT2D eigenvalue weighted by Gasteiger charge is -2.19. The number of carbonyl (C=O) groups is 2. The van der Waals surface area contributed by atoms with Gasteiger partial charge in [0.1, 0.15) is 30.0 Å². The predicted molar refractivity (Wildman–Crippen MR) is 137 cm³/mol. The third kappa shape index (κ3) is 8.49. The highest BCUT2D eigenvalue weighted by Gasteiger charge is 2.15. The van der Waals surface area contributed by atoms with Crippen LogP contribution in [-0.4, -0.2) is 31.1 Å². The van der Waals surface area contributed by atoms with Crippen LogP contribution in [0, 0.1) is 6.92 Å². The van der Waals surface area contributed by atoms with E-state index in [0.29, 0.717) is 31.7 Å². The number of nitrogens with one attached hydrogen (secondary N) is 1. The average molecular weight is 476 g/mol. The van der Waals surface area contributed by atoms with Crippen LogP contribution in [0.3, 0.4) is 0 Å². The summed E-state index contributed by atoms with van der Waals surface area (Å²) < 4.78 is 16.9. The maximum atomic E-state index is 11.7. The summed E-state index contributed by atoms with van der Waals surface area (Å²) in [6.45, 7) is 8.99. The van der Waals surface area contributed by atoms with Crippen LogP contribution in [0.5, 0.6) is 11.5 Å². The van der Waals surface area contributed by atoms with E-state index in [1.54, 1.807) is 24.3 Å². The number of hydrogen-bond acceptors (Lipinski definition) is 5. The topological polar surface area (TPSA) is 73.9 Å². The molecule has 6 nitrogen and oxygen atoms in total. The molecule has 0 radical (unpaired) electrons. The van der Waals surface area contributed by atoms with Crippen LogP contribution in [0.25, 0.3) is 11.1 Å². The largest absolute Gasteiger partial charge is 0.494 e. The van der Waals surface area contributed by atoms with Gasteiger partial charge in [-0.3, -0.25) is 4.79 Å². The summed E-state index contributed by atoms with van der Waals surface area (Å²) in [5, 5.41) is 2.73. The SMILES string of the molecule is Cc1cc(OCCCNC(=O)OC(C)(C)C)ccc1-c1cccc(COc2ccc(C=O)cc2)c1. The second kappa shape index (κ2) is 12.1. The molecule has 0 atom stereocenters. The van der Waals surface area contributed by atoms with Crippen molar-refractivity contribution in [2.24, 2.45) is 0 Å². The number of aryl methyl sites for hydroxylation is 1. The molecule has 0 saturated carbocycles. The van der Waals surface area contributed by atoms with Gasteiger partial charge < -0.3 is 19.5 Å². The second-order valence-electron chi connectivity index (χ2n) is 9.28. The summed E-state index contributed by atoms with van der Waals surface area (Å²) in [6, 6.07) is 21.4. The van der Waals surface area contributed by atoms with E-state index in [2.05, 4.69) is 30.4 Å². The number of ether oxygens (including phenoxy) is 3. The highest BCUT2D eigenvalue weighted by molar-refractivity contribution is 5.74. The molecular weight excluding hydrogens is 442 g/mol. The summed E-state index contributed by atoms with van der Waals surface area (Å²) in [7, 11) is 0. The molecule has 0 aromatic heterocycles. The first kappa shape index (κ1) is 25.8. The molecule has 0 bridgehead atoms. The Morgan fingerprint density at radius 3 is 2.37 bits per heavy atom. The number of alkyl carbamates (subject to hydrolysis) is 1. The van der Waals surface area contributed by atoms with Crippen LogP contribution in [-0.2, 0) is 11.3 Å². The third-order valence-corrected chi connectivity index (χ3v) is 5.12. The van der Waals surface area contributed by atoms with Crippen LogP contribution < -0.4 is 14.8 Å². The van der Waals surface area contributed by atoms with Gasteiger partial charge in [-0.1, -0.05) is 24.3 Å². The van der Waals surface area contributed by atoms with Crippen LogP contribution in [0.2, 0.25) is 0 Å². The van der Waals surface area contributed by atoms with E-state index in [9.17, 15) is 9.59 Å². The summed E-state index contributed by atoms with van der Waals surface area (Å²) >= 11 is 0. The Bertz CT molecular complexity index is 1130. The van der Waals surface area contributed by atoms with Gasteiger partial charge in [-0.15, -0.1) is 0 Å². The molecule has 0 saturated heterocycles. The van der Waals surface area contributed by atoms with E-state index >= 15 is 0 Å². The first-order valence-electron chi connectivity index (χ1n) is 11.7. The maximum Gasteiger partial charge on any atom is 0.407 e. The lowest BCUT2D eigenvalue weighted by Crippen LogP contribution is -2.33. The predicted octanol–water partition coefficient (Wildman–Crippen LogP) is 6.35. The molecule has 1 N–H and O–H groups in total. The highest BCUT2D eigenvalue weighted by atomic mass is 16.6. The first-order chi connectivity index (χ1) is 16.7. The first-order valence-corrected chi connectivity index (χ1v) is 11.7. The fraction of sp³-hybridized carbons (Fsp3) is 0.310. The Labute approximate surface area is 207 Å². The van der Waals surface area contributed by atoms with Crippen molar-refractivity contribution in [3.05, 3.63) is 83.4 Å². The Hall–Kier alpha value is -3.80. The lowest BCUT2D eigenvalue weighted by molar-refractivity contribution is 0.0525. The molecule has 3 rings (SSSR count). The van der Waals surface area contributed by atoms with Gasteiger partial charge >= 0.3 is 6.09 Å². The molecule has 3 aromatic carbocycles. The Balaban J connectivity index is 1.51. The molecule has 35 heavy (non-hydrogen) atoms. The van der Waals surface area contributed by atoms with Crippen molar-refractivity contribution in [3.8, 4) is 22.6 Å². The smallest absolute Gasteiger partial charge is 0.407 e. The van der Waals surface area contributed by atoms with Crippen molar-refractivity contribution in [2.75, 3.05) is 13.2 Å². The molecule has 184 valence electrons. The minimum atomic E-state index is -0.503. The number of benzene rings is 3. The van der Waals surface area contributed by atoms with Gasteiger partial charge in [0.05, 0.1) is 6.61 Å². The zero-order valence-electron chi connectivity index (χ0n) is 20.8. The third-order valence-electron chi connectivity index (χ3n) is 5.12. The van der Waals surface area contributed by atoms with Gasteiger partial charge in [-0.05, 0) is 98.8 Å². The van der Waals surface area contributed by atoms with Gasteiger partial charge in [0.15, 0.2) is 0 Å². The number of aldehydes is 1. The number of hydrogen-bond donors (Lipinski definition) is 1. The molecular formula is C29H33NO5. The molecule has 1 amide bonds. The second-order valence-corrected chi connectivity index (χ2v) is 9.28. The number of rotatable bonds is 10. The van der Waals surface area contributed by atoms with E-state index < -0.39 is 11.7 Å². The van der Waals surface area contributed by atoms with Crippen molar-refractivity contribution in [1.82, 2.24) is 5.32 Å². The van der Waals surface area contributed by atoms with Crippen molar-refractivity contribution < 1.29 is 23.8 Å². The van der Waals surface area contributed by atoms with Crippen LogP contribution in [0.4, 0.5) is 4.79 Å². The van der Waals surface area contributed by atoms with E-state index in [0.717, 1.165) is 40.0 Å². The van der Waals surface area contributed by atoms with E-state index in [4.69, 9.17) is 14.2 Å². The highest BCUT2D eigenvalue weighted by Crippen LogP contribution is 2.28. The fourth-order valence-corrected chi connectivity index (χ4v) is 3.45. The van der Waals surface area contributed by atoms with Crippen molar-refractivity contribution in [3.63, 3.8) is 0 Å². The van der Waals surface area contributed by atoms with Crippen molar-refractivity contribution in [2.45, 2.75) is 46.3 Å². The average Bonchev–Trinajstić information content (AvgIpc) is 2.82. The molecule has 3 aromatic rings. The molecule has 0 fully saturated rings. The normalized spacial score (nSPS) is 11.0. The number of amides is 1. The molecule has 0 aliphatic heterocycles. The zero-order chi connectivity index (χ0) is 25.3. The molecule has 0 unspecified atom stereocenters. The number of carbonyl (C=O) groups excluding carboxylic acids is 2. The minimum absolute atomic E-state index is 0.416. The minimum Gasteiger partial charge on any atom is -0.494 e.